The Morgan fingerprint density at radius 3 is 2.71 bits per heavy atom. The number of aliphatic carboxylic acids is 1. The molecule has 1 saturated heterocycles. The molecular weight excluding hydrogens is 222 g/mol. The summed E-state index contributed by atoms with van der Waals surface area (Å²) >= 11 is 0. The van der Waals surface area contributed by atoms with Gasteiger partial charge in [-0.05, 0) is 36.6 Å². The number of hydrogen-bond donors (Lipinski definition) is 4. The number of aromatic hydroxyl groups is 2. The monoisotopic (exact) mass is 237 g/mol. The molecule has 0 aliphatic carbocycles. The van der Waals surface area contributed by atoms with Crippen molar-refractivity contribution in [1.82, 2.24) is 5.32 Å². The van der Waals surface area contributed by atoms with Gasteiger partial charge in [0, 0.05) is 6.54 Å². The van der Waals surface area contributed by atoms with E-state index in [9.17, 15) is 15.0 Å². The van der Waals surface area contributed by atoms with Crippen molar-refractivity contribution in [2.45, 2.75) is 12.3 Å². The van der Waals surface area contributed by atoms with Crippen LogP contribution in [0.15, 0.2) is 18.2 Å². The van der Waals surface area contributed by atoms with E-state index in [0.29, 0.717) is 13.0 Å². The third-order valence-electron chi connectivity index (χ3n) is 3.23. The zero-order chi connectivity index (χ0) is 12.4. The van der Waals surface area contributed by atoms with Crippen molar-refractivity contribution in [1.29, 1.82) is 0 Å². The molecule has 0 amide bonds. The fourth-order valence-corrected chi connectivity index (χ4v) is 2.29. The fraction of sp³-hybridized carbons (Fsp3) is 0.417. The molecular formula is C12H15NO4. The number of piperidine rings is 1. The summed E-state index contributed by atoms with van der Waals surface area (Å²) in [5.41, 5.74) is 0.759. The summed E-state index contributed by atoms with van der Waals surface area (Å²) in [5.74, 6) is -1.84. The first-order valence-corrected chi connectivity index (χ1v) is 5.55. The third-order valence-corrected chi connectivity index (χ3v) is 3.23. The number of phenols is 2. The first kappa shape index (κ1) is 11.7. The molecule has 1 aliphatic heterocycles. The lowest BCUT2D eigenvalue weighted by molar-refractivity contribution is -0.142. The maximum absolute atomic E-state index is 11.1. The van der Waals surface area contributed by atoms with Crippen molar-refractivity contribution < 1.29 is 20.1 Å². The summed E-state index contributed by atoms with van der Waals surface area (Å²) in [4.78, 5) is 11.1. The molecule has 1 fully saturated rings. The molecule has 1 heterocycles. The van der Waals surface area contributed by atoms with Crippen LogP contribution >= 0.6 is 0 Å². The van der Waals surface area contributed by atoms with Crippen molar-refractivity contribution >= 4 is 5.97 Å². The Hall–Kier alpha value is -1.75. The highest BCUT2D eigenvalue weighted by molar-refractivity contribution is 5.72. The molecule has 0 spiro atoms. The largest absolute Gasteiger partial charge is 0.504 e. The van der Waals surface area contributed by atoms with Crippen molar-refractivity contribution in [3.63, 3.8) is 0 Å². The molecule has 5 heteroatoms. The second-order valence-corrected chi connectivity index (χ2v) is 4.29. The van der Waals surface area contributed by atoms with E-state index >= 15 is 0 Å². The van der Waals surface area contributed by atoms with Gasteiger partial charge in [0.25, 0.3) is 0 Å². The van der Waals surface area contributed by atoms with Gasteiger partial charge in [0.2, 0.25) is 0 Å². The zero-order valence-corrected chi connectivity index (χ0v) is 9.26. The van der Waals surface area contributed by atoms with E-state index in [-0.39, 0.29) is 17.4 Å². The molecule has 17 heavy (non-hydrogen) atoms. The Morgan fingerprint density at radius 1 is 1.29 bits per heavy atom. The van der Waals surface area contributed by atoms with Gasteiger partial charge in [0.1, 0.15) is 0 Å². The number of phenolic OH excluding ortho intramolecular Hbond substituents is 2. The van der Waals surface area contributed by atoms with Crippen LogP contribution in [0.4, 0.5) is 0 Å². The molecule has 4 N–H and O–H groups in total. The van der Waals surface area contributed by atoms with Crippen molar-refractivity contribution in [2.24, 2.45) is 5.92 Å². The molecule has 1 aliphatic rings. The molecule has 1 aromatic rings. The minimum absolute atomic E-state index is 0.125. The lowest BCUT2D eigenvalue weighted by atomic mass is 9.81. The molecule has 1 aromatic carbocycles. The van der Waals surface area contributed by atoms with Gasteiger partial charge in [-0.3, -0.25) is 4.79 Å². The Balaban J connectivity index is 2.29. The fourth-order valence-electron chi connectivity index (χ4n) is 2.29. The average Bonchev–Trinajstić information content (AvgIpc) is 2.32. The van der Waals surface area contributed by atoms with Gasteiger partial charge in [-0.25, -0.2) is 0 Å². The van der Waals surface area contributed by atoms with E-state index in [2.05, 4.69) is 5.32 Å². The van der Waals surface area contributed by atoms with Gasteiger partial charge >= 0.3 is 5.97 Å². The lowest BCUT2D eigenvalue weighted by Gasteiger charge is -2.29. The van der Waals surface area contributed by atoms with E-state index in [1.807, 2.05) is 0 Å². The molecule has 2 atom stereocenters. The minimum Gasteiger partial charge on any atom is -0.504 e. The van der Waals surface area contributed by atoms with Gasteiger partial charge < -0.3 is 20.6 Å². The summed E-state index contributed by atoms with van der Waals surface area (Å²) < 4.78 is 0. The first-order valence-electron chi connectivity index (χ1n) is 5.55. The maximum Gasteiger partial charge on any atom is 0.308 e. The van der Waals surface area contributed by atoms with Crippen LogP contribution in [0.5, 0.6) is 11.5 Å². The van der Waals surface area contributed by atoms with E-state index in [1.54, 1.807) is 6.07 Å². The summed E-state index contributed by atoms with van der Waals surface area (Å²) in [6, 6.07) is 4.51. The number of rotatable bonds is 2. The van der Waals surface area contributed by atoms with Crippen LogP contribution in [0.2, 0.25) is 0 Å². The van der Waals surface area contributed by atoms with Crippen LogP contribution in [-0.4, -0.2) is 34.4 Å². The van der Waals surface area contributed by atoms with Crippen LogP contribution < -0.4 is 5.32 Å². The number of benzene rings is 1. The van der Waals surface area contributed by atoms with Crippen LogP contribution in [0, 0.1) is 5.92 Å². The molecule has 92 valence electrons. The van der Waals surface area contributed by atoms with Crippen molar-refractivity contribution in [3.8, 4) is 11.5 Å². The number of carboxylic acids is 1. The van der Waals surface area contributed by atoms with Crippen molar-refractivity contribution in [3.05, 3.63) is 23.8 Å². The second kappa shape index (κ2) is 4.63. The number of nitrogens with one attached hydrogen (secondary N) is 1. The van der Waals surface area contributed by atoms with Crippen LogP contribution in [0.25, 0.3) is 0 Å². The highest BCUT2D eigenvalue weighted by atomic mass is 16.4. The summed E-state index contributed by atoms with van der Waals surface area (Å²) in [7, 11) is 0. The van der Waals surface area contributed by atoms with E-state index in [4.69, 9.17) is 5.11 Å². The predicted molar refractivity (Wildman–Crippen MR) is 61.1 cm³/mol. The maximum atomic E-state index is 11.1. The Kier molecular flexibility index (Phi) is 3.19. The number of hydrogen-bond acceptors (Lipinski definition) is 4. The standard InChI is InChI=1S/C12H15NO4/c14-10-2-1-7(5-11(10)15)8-3-4-13-6-9(8)12(16)17/h1-2,5,8-9,13-15H,3-4,6H2,(H,16,17). The third kappa shape index (κ3) is 2.34. The molecule has 0 bridgehead atoms. The van der Waals surface area contributed by atoms with Crippen LogP contribution in [-0.2, 0) is 4.79 Å². The second-order valence-electron chi connectivity index (χ2n) is 4.29. The number of carbonyl (C=O) groups is 1. The normalized spacial score (nSPS) is 24.5. The van der Waals surface area contributed by atoms with Gasteiger partial charge in [-0.2, -0.15) is 0 Å². The minimum atomic E-state index is -0.838. The van der Waals surface area contributed by atoms with Gasteiger partial charge in [0.05, 0.1) is 5.92 Å². The topological polar surface area (TPSA) is 89.8 Å². The predicted octanol–water partition coefficient (Wildman–Crippen LogP) is 0.875. The van der Waals surface area contributed by atoms with Gasteiger partial charge in [-0.1, -0.05) is 6.07 Å². The highest BCUT2D eigenvalue weighted by Gasteiger charge is 2.32. The zero-order valence-electron chi connectivity index (χ0n) is 9.26. The molecule has 0 radical (unpaired) electrons. The van der Waals surface area contributed by atoms with Gasteiger partial charge in [0.15, 0.2) is 11.5 Å². The summed E-state index contributed by atoms with van der Waals surface area (Å²) in [6.07, 6.45) is 0.710. The summed E-state index contributed by atoms with van der Waals surface area (Å²) in [5, 5.41) is 30.9. The Morgan fingerprint density at radius 2 is 2.06 bits per heavy atom. The Labute approximate surface area is 98.7 Å². The van der Waals surface area contributed by atoms with Crippen molar-refractivity contribution in [2.75, 3.05) is 13.1 Å². The SMILES string of the molecule is O=C(O)C1CNCCC1c1ccc(O)c(O)c1. The van der Waals surface area contributed by atoms with Gasteiger partial charge in [-0.15, -0.1) is 0 Å². The quantitative estimate of drug-likeness (QED) is 0.573. The first-order chi connectivity index (χ1) is 8.09. The molecule has 5 nitrogen and oxygen atoms in total. The van der Waals surface area contributed by atoms with E-state index in [0.717, 1.165) is 12.1 Å². The molecule has 2 unspecified atom stereocenters. The average molecular weight is 237 g/mol. The highest BCUT2D eigenvalue weighted by Crippen LogP contribution is 2.35. The summed E-state index contributed by atoms with van der Waals surface area (Å²) in [6.45, 7) is 1.19. The van der Waals surface area contributed by atoms with Crippen LogP contribution in [0.1, 0.15) is 17.9 Å². The molecule has 0 saturated carbocycles. The Bertz CT molecular complexity index is 433. The van der Waals surface area contributed by atoms with Crippen LogP contribution in [0.3, 0.4) is 0 Å². The number of carboxylic acid groups (broad SMARTS) is 1. The van der Waals surface area contributed by atoms with E-state index in [1.165, 1.54) is 12.1 Å². The lowest BCUT2D eigenvalue weighted by Crippen LogP contribution is -2.39. The molecule has 0 aromatic heterocycles. The smallest absolute Gasteiger partial charge is 0.308 e. The molecule has 2 rings (SSSR count). The van der Waals surface area contributed by atoms with E-state index < -0.39 is 11.9 Å².